The van der Waals surface area contributed by atoms with Crippen LogP contribution in [0.4, 0.5) is 5.69 Å². The largest absolute Gasteiger partial charge is 0.374 e. The molecule has 1 aliphatic heterocycles. The maximum atomic E-state index is 4.36. The van der Waals surface area contributed by atoms with Crippen LogP contribution in [0.15, 0.2) is 29.1 Å². The molecule has 2 nitrogen and oxygen atoms in total. The minimum Gasteiger partial charge on any atom is -0.374 e. The zero-order valence-electron chi connectivity index (χ0n) is 15.6. The summed E-state index contributed by atoms with van der Waals surface area (Å²) in [4.78, 5) is 6.70. The van der Waals surface area contributed by atoms with Gasteiger partial charge >= 0.3 is 0 Å². The molecule has 0 unspecified atom stereocenters. The van der Waals surface area contributed by atoms with Crippen LogP contribution in [0.25, 0.3) is 11.3 Å². The highest BCUT2D eigenvalue weighted by atomic mass is 32.1. The first-order valence-corrected chi connectivity index (χ1v) is 10.4. The van der Waals surface area contributed by atoms with Crippen molar-refractivity contribution in [3.05, 3.63) is 34.7 Å². The first kappa shape index (κ1) is 19.0. The van der Waals surface area contributed by atoms with Gasteiger partial charge in [0, 0.05) is 30.2 Å². The molecule has 0 fully saturated rings. The Morgan fingerprint density at radius 2 is 1.83 bits per heavy atom. The summed E-state index contributed by atoms with van der Waals surface area (Å²) in [6, 6.07) is 6.69. The zero-order valence-corrected chi connectivity index (χ0v) is 16.4. The van der Waals surface area contributed by atoms with Crippen LogP contribution in [0.3, 0.4) is 0 Å². The highest BCUT2D eigenvalue weighted by Gasteiger charge is 2.14. The minimum atomic E-state index is 1.10. The van der Waals surface area contributed by atoms with Gasteiger partial charge in [-0.1, -0.05) is 58.4 Å². The van der Waals surface area contributed by atoms with Gasteiger partial charge in [0.25, 0.3) is 0 Å². The molecule has 0 spiro atoms. The SMILES string of the molecule is CCCCCCCC.CN1CCCc2cc(-c3cscn3)ccc21. The molecule has 0 atom stereocenters. The monoisotopic (exact) mass is 344 g/mol. The van der Waals surface area contributed by atoms with Gasteiger partial charge < -0.3 is 4.90 Å². The average molecular weight is 345 g/mol. The quantitative estimate of drug-likeness (QED) is 0.552. The van der Waals surface area contributed by atoms with E-state index in [0.717, 1.165) is 5.69 Å². The van der Waals surface area contributed by atoms with Crippen molar-refractivity contribution in [3.8, 4) is 11.3 Å². The van der Waals surface area contributed by atoms with E-state index in [1.807, 2.05) is 5.51 Å². The number of benzene rings is 1. The molecule has 0 radical (unpaired) electrons. The van der Waals surface area contributed by atoms with Gasteiger partial charge in [0.05, 0.1) is 11.2 Å². The van der Waals surface area contributed by atoms with Gasteiger partial charge in [-0.2, -0.15) is 0 Å². The van der Waals surface area contributed by atoms with Crippen molar-refractivity contribution in [1.82, 2.24) is 4.98 Å². The zero-order chi connectivity index (χ0) is 17.2. The summed E-state index contributed by atoms with van der Waals surface area (Å²) in [5.74, 6) is 0. The number of fused-ring (bicyclic) bond motifs is 1. The molecule has 0 bridgehead atoms. The average Bonchev–Trinajstić information content (AvgIpc) is 3.14. The van der Waals surface area contributed by atoms with E-state index in [4.69, 9.17) is 0 Å². The lowest BCUT2D eigenvalue weighted by Gasteiger charge is -2.27. The number of thiazole rings is 1. The maximum absolute atomic E-state index is 4.36. The van der Waals surface area contributed by atoms with Crippen LogP contribution in [0, 0.1) is 0 Å². The molecule has 1 aromatic carbocycles. The molecule has 0 saturated carbocycles. The molecule has 24 heavy (non-hydrogen) atoms. The third-order valence-electron chi connectivity index (χ3n) is 4.62. The van der Waals surface area contributed by atoms with Crippen molar-refractivity contribution < 1.29 is 0 Å². The van der Waals surface area contributed by atoms with Crippen molar-refractivity contribution in [2.24, 2.45) is 0 Å². The molecule has 1 aliphatic rings. The van der Waals surface area contributed by atoms with Crippen molar-refractivity contribution in [1.29, 1.82) is 0 Å². The third kappa shape index (κ3) is 5.62. The third-order valence-corrected chi connectivity index (χ3v) is 5.20. The van der Waals surface area contributed by atoms with E-state index < -0.39 is 0 Å². The number of aromatic nitrogens is 1. The van der Waals surface area contributed by atoms with Crippen molar-refractivity contribution in [3.63, 3.8) is 0 Å². The number of hydrogen-bond acceptors (Lipinski definition) is 3. The van der Waals surface area contributed by atoms with E-state index in [2.05, 4.69) is 54.4 Å². The van der Waals surface area contributed by atoms with Crippen LogP contribution in [0.2, 0.25) is 0 Å². The van der Waals surface area contributed by atoms with Gasteiger partial charge in [0.2, 0.25) is 0 Å². The second-order valence-electron chi connectivity index (χ2n) is 6.66. The molecule has 0 amide bonds. The normalized spacial score (nSPS) is 13.2. The summed E-state index contributed by atoms with van der Waals surface area (Å²) in [6.07, 6.45) is 10.9. The highest BCUT2D eigenvalue weighted by molar-refractivity contribution is 7.07. The fraction of sp³-hybridized carbons (Fsp3) is 0.571. The Hall–Kier alpha value is -1.35. The fourth-order valence-electron chi connectivity index (χ4n) is 3.15. The van der Waals surface area contributed by atoms with E-state index in [0.29, 0.717) is 0 Å². The lowest BCUT2D eigenvalue weighted by Crippen LogP contribution is -2.24. The second-order valence-corrected chi connectivity index (χ2v) is 7.38. The van der Waals surface area contributed by atoms with Crippen molar-refractivity contribution in [2.45, 2.75) is 65.2 Å². The Kier molecular flexibility index (Phi) is 8.31. The second kappa shape index (κ2) is 10.5. The molecule has 0 N–H and O–H groups in total. The Morgan fingerprint density at radius 1 is 1.08 bits per heavy atom. The Bertz CT molecular complexity index is 572. The first-order valence-electron chi connectivity index (χ1n) is 9.48. The highest BCUT2D eigenvalue weighted by Crippen LogP contribution is 2.30. The fourth-order valence-corrected chi connectivity index (χ4v) is 3.71. The predicted octanol–water partition coefficient (Wildman–Crippen LogP) is 6.56. The van der Waals surface area contributed by atoms with Gasteiger partial charge in [0.1, 0.15) is 0 Å². The molecule has 0 aliphatic carbocycles. The molecule has 3 rings (SSSR count). The number of aryl methyl sites for hydroxylation is 1. The summed E-state index contributed by atoms with van der Waals surface area (Å²) in [6.45, 7) is 5.68. The summed E-state index contributed by atoms with van der Waals surface area (Å²) in [5, 5.41) is 2.11. The van der Waals surface area contributed by atoms with Crippen molar-refractivity contribution >= 4 is 17.0 Å². The molecule has 0 saturated heterocycles. The molecule has 2 heterocycles. The lowest BCUT2D eigenvalue weighted by atomic mass is 9.99. The number of hydrogen-bond donors (Lipinski definition) is 0. The van der Waals surface area contributed by atoms with Crippen LogP contribution in [0.1, 0.15) is 64.4 Å². The lowest BCUT2D eigenvalue weighted by molar-refractivity contribution is 0.624. The van der Waals surface area contributed by atoms with E-state index in [1.54, 1.807) is 11.3 Å². The van der Waals surface area contributed by atoms with E-state index >= 15 is 0 Å². The van der Waals surface area contributed by atoms with Crippen LogP contribution in [0.5, 0.6) is 0 Å². The van der Waals surface area contributed by atoms with Gasteiger partial charge in [0.15, 0.2) is 0 Å². The summed E-state index contributed by atoms with van der Waals surface area (Å²) in [5.41, 5.74) is 7.07. The summed E-state index contributed by atoms with van der Waals surface area (Å²) < 4.78 is 0. The Labute approximate surface area is 151 Å². The van der Waals surface area contributed by atoms with E-state index in [1.165, 1.54) is 74.7 Å². The van der Waals surface area contributed by atoms with Gasteiger partial charge in [-0.3, -0.25) is 0 Å². The van der Waals surface area contributed by atoms with Gasteiger partial charge in [-0.25, -0.2) is 4.98 Å². The van der Waals surface area contributed by atoms with Crippen LogP contribution in [-0.4, -0.2) is 18.6 Å². The standard InChI is InChI=1S/C13H14N2S.C8H18/c1-15-6-2-3-11-7-10(4-5-13(11)15)12-8-16-9-14-12;1-3-5-7-8-6-4-2/h4-5,7-9H,2-3,6H2,1H3;3-8H2,1-2H3. The molecular formula is C21H32N2S. The van der Waals surface area contributed by atoms with Gasteiger partial charge in [-0.05, 0) is 30.5 Å². The maximum Gasteiger partial charge on any atom is 0.0811 e. The first-order chi connectivity index (χ1) is 11.8. The topological polar surface area (TPSA) is 16.1 Å². The smallest absolute Gasteiger partial charge is 0.0811 e. The van der Waals surface area contributed by atoms with Crippen LogP contribution in [-0.2, 0) is 6.42 Å². The summed E-state index contributed by atoms with van der Waals surface area (Å²) >= 11 is 1.65. The van der Waals surface area contributed by atoms with E-state index in [-0.39, 0.29) is 0 Å². The number of nitrogens with zero attached hydrogens (tertiary/aromatic N) is 2. The van der Waals surface area contributed by atoms with Crippen LogP contribution < -0.4 is 4.90 Å². The van der Waals surface area contributed by atoms with Crippen LogP contribution >= 0.6 is 11.3 Å². The number of unbranched alkanes of at least 4 members (excludes halogenated alkanes) is 5. The molecular weight excluding hydrogens is 312 g/mol. The number of rotatable bonds is 6. The summed E-state index contributed by atoms with van der Waals surface area (Å²) in [7, 11) is 2.17. The predicted molar refractivity (Wildman–Crippen MR) is 108 cm³/mol. The molecule has 3 heteroatoms. The van der Waals surface area contributed by atoms with Gasteiger partial charge in [-0.15, -0.1) is 11.3 Å². The minimum absolute atomic E-state index is 1.10. The molecule has 1 aromatic heterocycles. The molecule has 132 valence electrons. The number of anilines is 1. The molecule has 2 aromatic rings. The Morgan fingerprint density at radius 3 is 2.46 bits per heavy atom. The van der Waals surface area contributed by atoms with E-state index in [9.17, 15) is 0 Å². The Balaban J connectivity index is 0.000000224. The van der Waals surface area contributed by atoms with Crippen molar-refractivity contribution in [2.75, 3.05) is 18.5 Å².